The molecule has 0 N–H and O–H groups in total. The number of nitrogens with zero attached hydrogens (tertiary/aromatic N) is 3. The van der Waals surface area contributed by atoms with Crippen LogP contribution >= 0.6 is 0 Å². The van der Waals surface area contributed by atoms with Crippen LogP contribution in [0.25, 0.3) is 99.8 Å². The highest BCUT2D eigenvalue weighted by Crippen LogP contribution is 2.50. The molecule has 4 nitrogen and oxygen atoms in total. The molecule has 0 saturated carbocycles. The summed E-state index contributed by atoms with van der Waals surface area (Å²) in [5.41, 5.74) is 16.9. The first kappa shape index (κ1) is 31.2. The van der Waals surface area contributed by atoms with E-state index in [0.717, 1.165) is 66.9 Å². The molecule has 264 valence electrons. The number of furan rings is 1. The van der Waals surface area contributed by atoms with Gasteiger partial charge in [0.2, 0.25) is 0 Å². The highest BCUT2D eigenvalue weighted by molar-refractivity contribution is 6.14. The van der Waals surface area contributed by atoms with Crippen LogP contribution in [-0.2, 0) is 5.41 Å². The fourth-order valence-corrected chi connectivity index (χ4v) is 9.50. The molecule has 56 heavy (non-hydrogen) atoms. The van der Waals surface area contributed by atoms with Gasteiger partial charge in [-0.15, -0.1) is 0 Å². The molecule has 8 aromatic carbocycles. The van der Waals surface area contributed by atoms with Crippen molar-refractivity contribution < 1.29 is 4.42 Å². The normalized spacial score (nSPS) is 13.3. The van der Waals surface area contributed by atoms with Gasteiger partial charge in [0.1, 0.15) is 17.0 Å². The highest BCUT2D eigenvalue weighted by Gasteiger charge is 2.35. The Morgan fingerprint density at radius 1 is 0.446 bits per heavy atom. The molecule has 0 bridgehead atoms. The minimum atomic E-state index is -0.116. The minimum Gasteiger partial charge on any atom is -0.456 e. The van der Waals surface area contributed by atoms with E-state index in [9.17, 15) is 0 Å². The Bertz CT molecular complexity index is 3400. The van der Waals surface area contributed by atoms with Gasteiger partial charge in [0.15, 0.2) is 0 Å². The maximum absolute atomic E-state index is 6.59. The number of benzene rings is 8. The summed E-state index contributed by atoms with van der Waals surface area (Å²) in [6.07, 6.45) is 0. The lowest BCUT2D eigenvalue weighted by Gasteiger charge is -2.22. The van der Waals surface area contributed by atoms with E-state index in [1.54, 1.807) is 0 Å². The Morgan fingerprint density at radius 3 is 2.04 bits per heavy atom. The largest absolute Gasteiger partial charge is 0.456 e. The topological polar surface area (TPSA) is 35.9 Å². The van der Waals surface area contributed by atoms with Crippen molar-refractivity contribution in [1.29, 1.82) is 0 Å². The average molecular weight is 718 g/mol. The zero-order valence-electron chi connectivity index (χ0n) is 31.0. The summed E-state index contributed by atoms with van der Waals surface area (Å²) < 4.78 is 11.3. The van der Waals surface area contributed by atoms with Crippen LogP contribution in [0.2, 0.25) is 0 Å². The molecular formula is C52H35N3O. The minimum absolute atomic E-state index is 0.116. The number of rotatable bonds is 4. The molecule has 0 spiro atoms. The van der Waals surface area contributed by atoms with Crippen LogP contribution in [0.3, 0.4) is 0 Å². The molecule has 4 heteroatoms. The third-order valence-corrected chi connectivity index (χ3v) is 12.1. The second-order valence-electron chi connectivity index (χ2n) is 15.6. The lowest BCUT2D eigenvalue weighted by molar-refractivity contribution is 0.660. The zero-order chi connectivity index (χ0) is 37.1. The van der Waals surface area contributed by atoms with Crippen molar-refractivity contribution in [2.45, 2.75) is 19.3 Å². The third-order valence-electron chi connectivity index (χ3n) is 12.1. The van der Waals surface area contributed by atoms with Gasteiger partial charge in [0, 0.05) is 43.9 Å². The monoisotopic (exact) mass is 717 g/mol. The second kappa shape index (κ2) is 11.4. The molecule has 12 rings (SSSR count). The van der Waals surface area contributed by atoms with E-state index in [1.807, 2.05) is 0 Å². The Kier molecular flexibility index (Phi) is 6.37. The summed E-state index contributed by atoms with van der Waals surface area (Å²) in [4.78, 5) is 5.36. The Hall–Kier alpha value is -7.17. The summed E-state index contributed by atoms with van der Waals surface area (Å²) in [6.45, 7) is 4.67. The summed E-state index contributed by atoms with van der Waals surface area (Å²) in [7, 11) is 0. The molecule has 0 fully saturated rings. The first-order valence-electron chi connectivity index (χ1n) is 19.3. The number of hydrogen-bond acceptors (Lipinski definition) is 2. The number of hydrogen-bond donors (Lipinski definition) is 0. The lowest BCUT2D eigenvalue weighted by atomic mass is 9.82. The lowest BCUT2D eigenvalue weighted by Crippen LogP contribution is -2.15. The molecule has 3 aromatic heterocycles. The predicted molar refractivity (Wildman–Crippen MR) is 231 cm³/mol. The summed E-state index contributed by atoms with van der Waals surface area (Å²) in [5.74, 6) is 0.897. The Morgan fingerprint density at radius 2 is 1.14 bits per heavy atom. The fraction of sp³-hybridized carbons (Fsp3) is 0.0577. The van der Waals surface area contributed by atoms with Gasteiger partial charge in [-0.1, -0.05) is 117 Å². The van der Waals surface area contributed by atoms with Crippen LogP contribution in [0.5, 0.6) is 0 Å². The van der Waals surface area contributed by atoms with Crippen LogP contribution in [0, 0.1) is 0 Å². The van der Waals surface area contributed by atoms with Crippen LogP contribution in [0.15, 0.2) is 180 Å². The maximum atomic E-state index is 6.59. The van der Waals surface area contributed by atoms with Crippen molar-refractivity contribution in [2.24, 2.45) is 0 Å². The van der Waals surface area contributed by atoms with E-state index in [0.29, 0.717) is 0 Å². The Balaban J connectivity index is 1.05. The van der Waals surface area contributed by atoms with Crippen LogP contribution < -0.4 is 0 Å². The highest BCUT2D eigenvalue weighted by atomic mass is 16.3. The van der Waals surface area contributed by atoms with Gasteiger partial charge in [0.25, 0.3) is 0 Å². The molecule has 3 heterocycles. The standard InChI is InChI=1S/C52H35N3O/c1-52(2)42-18-8-6-15-36(42)37-26-25-35(31-43(37)52)55-47-21-11-9-19-44(47)53-51(55)39-17-12-22-49-50(39)41-30-33(24-28-48(41)56-49)32-23-27-46-40(29-32)38-16-7-10-20-45(38)54(46)34-13-4-3-5-14-34/h3-31H,1-2H3. The molecule has 11 aromatic rings. The summed E-state index contributed by atoms with van der Waals surface area (Å²) in [6, 6.07) is 63.3. The van der Waals surface area contributed by atoms with E-state index < -0.39 is 0 Å². The van der Waals surface area contributed by atoms with E-state index in [1.165, 1.54) is 44.1 Å². The van der Waals surface area contributed by atoms with Crippen molar-refractivity contribution >= 4 is 54.8 Å². The molecule has 1 aliphatic carbocycles. The van der Waals surface area contributed by atoms with Gasteiger partial charge in [0.05, 0.1) is 22.1 Å². The SMILES string of the molecule is CC1(C)c2ccccc2-c2ccc(-n3c(-c4cccc5oc6ccc(-c7ccc8c(c7)c7ccccc7n8-c7ccccc7)cc6c45)nc4ccccc43)cc21. The van der Waals surface area contributed by atoms with Gasteiger partial charge in [-0.05, 0) is 106 Å². The average Bonchev–Trinajstić information content (AvgIpc) is 3.97. The number of para-hydroxylation sites is 4. The number of fused-ring (bicyclic) bond motifs is 10. The summed E-state index contributed by atoms with van der Waals surface area (Å²) >= 11 is 0. The number of aromatic nitrogens is 3. The van der Waals surface area contributed by atoms with E-state index in [-0.39, 0.29) is 5.41 Å². The molecule has 0 radical (unpaired) electrons. The van der Waals surface area contributed by atoms with Crippen molar-refractivity contribution in [3.05, 3.63) is 187 Å². The van der Waals surface area contributed by atoms with Crippen LogP contribution in [0.4, 0.5) is 0 Å². The molecule has 0 saturated heterocycles. The van der Waals surface area contributed by atoms with E-state index in [2.05, 4.69) is 199 Å². The molecule has 0 unspecified atom stereocenters. The summed E-state index contributed by atoms with van der Waals surface area (Å²) in [5, 5.41) is 4.61. The molecule has 0 amide bonds. The van der Waals surface area contributed by atoms with Crippen molar-refractivity contribution in [3.8, 4) is 45.0 Å². The van der Waals surface area contributed by atoms with Crippen LogP contribution in [-0.4, -0.2) is 14.1 Å². The van der Waals surface area contributed by atoms with Crippen LogP contribution in [0.1, 0.15) is 25.0 Å². The first-order valence-corrected chi connectivity index (χ1v) is 19.3. The predicted octanol–water partition coefficient (Wildman–Crippen LogP) is 13.7. The first-order chi connectivity index (χ1) is 27.5. The van der Waals surface area contributed by atoms with Gasteiger partial charge in [-0.25, -0.2) is 4.98 Å². The van der Waals surface area contributed by atoms with E-state index >= 15 is 0 Å². The maximum Gasteiger partial charge on any atom is 0.146 e. The second-order valence-corrected chi connectivity index (χ2v) is 15.6. The van der Waals surface area contributed by atoms with Crippen molar-refractivity contribution in [3.63, 3.8) is 0 Å². The Labute approximate surface area is 323 Å². The zero-order valence-corrected chi connectivity index (χ0v) is 31.0. The van der Waals surface area contributed by atoms with Gasteiger partial charge < -0.3 is 8.98 Å². The number of imidazole rings is 1. The molecule has 1 aliphatic rings. The van der Waals surface area contributed by atoms with Gasteiger partial charge in [-0.3, -0.25) is 4.57 Å². The van der Waals surface area contributed by atoms with Gasteiger partial charge in [-0.2, -0.15) is 0 Å². The quantitative estimate of drug-likeness (QED) is 0.182. The smallest absolute Gasteiger partial charge is 0.146 e. The molecular weight excluding hydrogens is 683 g/mol. The third kappa shape index (κ3) is 4.32. The van der Waals surface area contributed by atoms with Crippen molar-refractivity contribution in [2.75, 3.05) is 0 Å². The van der Waals surface area contributed by atoms with Gasteiger partial charge >= 0.3 is 0 Å². The molecule has 0 atom stereocenters. The van der Waals surface area contributed by atoms with Crippen molar-refractivity contribution in [1.82, 2.24) is 14.1 Å². The molecule has 0 aliphatic heterocycles. The van der Waals surface area contributed by atoms with E-state index in [4.69, 9.17) is 9.40 Å². The fourth-order valence-electron chi connectivity index (χ4n) is 9.50.